The summed E-state index contributed by atoms with van der Waals surface area (Å²) in [4.78, 5) is 26.2. The van der Waals surface area contributed by atoms with Gasteiger partial charge in [-0.25, -0.2) is 0 Å². The van der Waals surface area contributed by atoms with Gasteiger partial charge < -0.3 is 10.2 Å². The lowest BCUT2D eigenvalue weighted by atomic mass is 9.71. The van der Waals surface area contributed by atoms with Crippen LogP contribution in [0, 0.1) is 0 Å². The topological polar surface area (TPSA) is 49.4 Å². The molecule has 0 fully saturated rings. The van der Waals surface area contributed by atoms with Crippen LogP contribution in [-0.4, -0.2) is 29.8 Å². The number of hydrogen-bond acceptors (Lipinski definition) is 2. The van der Waals surface area contributed by atoms with Crippen LogP contribution in [0.4, 0.5) is 0 Å². The Kier molecular flexibility index (Phi) is 6.63. The van der Waals surface area contributed by atoms with Crippen LogP contribution >= 0.6 is 0 Å². The zero-order valence-electron chi connectivity index (χ0n) is 16.1. The summed E-state index contributed by atoms with van der Waals surface area (Å²) >= 11 is 0. The minimum atomic E-state index is 0.0480. The molecular formula is C21H32N2O2. The SMILES string of the molecule is CCN(CC)C(=O)CCCC(=O)NC1CCC(C)(C)c2ccccc21. The molecule has 4 heteroatoms. The molecule has 1 atom stereocenters. The molecule has 1 aromatic carbocycles. The second kappa shape index (κ2) is 8.50. The third-order valence-corrected chi connectivity index (χ3v) is 5.37. The maximum atomic E-state index is 12.3. The quantitative estimate of drug-likeness (QED) is 0.814. The van der Waals surface area contributed by atoms with Crippen LogP contribution < -0.4 is 5.32 Å². The minimum absolute atomic E-state index is 0.0480. The summed E-state index contributed by atoms with van der Waals surface area (Å²) in [5, 5.41) is 3.18. The van der Waals surface area contributed by atoms with Gasteiger partial charge in [0.25, 0.3) is 0 Å². The van der Waals surface area contributed by atoms with Gasteiger partial charge in [-0.3, -0.25) is 9.59 Å². The number of fused-ring (bicyclic) bond motifs is 1. The van der Waals surface area contributed by atoms with E-state index >= 15 is 0 Å². The van der Waals surface area contributed by atoms with E-state index in [1.165, 1.54) is 11.1 Å². The minimum Gasteiger partial charge on any atom is -0.349 e. The van der Waals surface area contributed by atoms with E-state index in [0.717, 1.165) is 25.9 Å². The summed E-state index contributed by atoms with van der Waals surface area (Å²) in [6, 6.07) is 8.52. The maximum Gasteiger partial charge on any atom is 0.222 e. The van der Waals surface area contributed by atoms with Gasteiger partial charge in [-0.15, -0.1) is 0 Å². The van der Waals surface area contributed by atoms with Crippen molar-refractivity contribution in [2.45, 2.75) is 71.3 Å². The number of rotatable bonds is 7. The van der Waals surface area contributed by atoms with Crippen LogP contribution in [0.5, 0.6) is 0 Å². The molecule has 0 aromatic heterocycles. The van der Waals surface area contributed by atoms with Gasteiger partial charge in [-0.2, -0.15) is 0 Å². The Hall–Kier alpha value is -1.84. The Morgan fingerprint density at radius 3 is 2.52 bits per heavy atom. The molecule has 0 aliphatic heterocycles. The van der Waals surface area contributed by atoms with Crippen LogP contribution in [0.15, 0.2) is 24.3 Å². The lowest BCUT2D eigenvalue weighted by Crippen LogP contribution is -2.35. The van der Waals surface area contributed by atoms with Gasteiger partial charge in [-0.05, 0) is 49.7 Å². The number of benzene rings is 1. The van der Waals surface area contributed by atoms with Crippen molar-refractivity contribution in [1.29, 1.82) is 0 Å². The molecule has 1 unspecified atom stereocenters. The second-order valence-electron chi connectivity index (χ2n) is 7.55. The molecule has 2 rings (SSSR count). The van der Waals surface area contributed by atoms with Gasteiger partial charge in [0.1, 0.15) is 0 Å². The van der Waals surface area contributed by atoms with E-state index in [-0.39, 0.29) is 23.3 Å². The number of nitrogens with zero attached hydrogens (tertiary/aromatic N) is 1. The fraction of sp³-hybridized carbons (Fsp3) is 0.619. The van der Waals surface area contributed by atoms with Crippen LogP contribution in [0.3, 0.4) is 0 Å². The van der Waals surface area contributed by atoms with Crippen LogP contribution in [-0.2, 0) is 15.0 Å². The first-order valence-electron chi connectivity index (χ1n) is 9.55. The summed E-state index contributed by atoms with van der Waals surface area (Å²) in [5.41, 5.74) is 2.74. The normalized spacial score (nSPS) is 18.3. The number of carbonyl (C=O) groups excluding carboxylic acids is 2. The van der Waals surface area contributed by atoms with E-state index in [2.05, 4.69) is 37.4 Å². The van der Waals surface area contributed by atoms with Gasteiger partial charge in [0.15, 0.2) is 0 Å². The molecule has 1 aromatic rings. The number of nitrogens with one attached hydrogen (secondary N) is 1. The molecule has 0 radical (unpaired) electrons. The van der Waals surface area contributed by atoms with Gasteiger partial charge in [-0.1, -0.05) is 38.1 Å². The first-order chi connectivity index (χ1) is 11.9. The predicted octanol–water partition coefficient (Wildman–Crippen LogP) is 3.95. The highest BCUT2D eigenvalue weighted by atomic mass is 16.2. The first kappa shape index (κ1) is 19.5. The zero-order valence-corrected chi connectivity index (χ0v) is 16.1. The predicted molar refractivity (Wildman–Crippen MR) is 101 cm³/mol. The average molecular weight is 344 g/mol. The number of amides is 2. The Morgan fingerprint density at radius 2 is 1.84 bits per heavy atom. The molecule has 1 aliphatic carbocycles. The van der Waals surface area contributed by atoms with E-state index in [1.807, 2.05) is 24.8 Å². The van der Waals surface area contributed by atoms with Crippen molar-refractivity contribution in [2.24, 2.45) is 0 Å². The molecule has 0 spiro atoms. The Morgan fingerprint density at radius 1 is 1.16 bits per heavy atom. The Labute approximate surface area is 152 Å². The monoisotopic (exact) mass is 344 g/mol. The highest BCUT2D eigenvalue weighted by molar-refractivity contribution is 5.79. The molecule has 0 saturated carbocycles. The Bertz CT molecular complexity index is 606. The number of carbonyl (C=O) groups is 2. The third-order valence-electron chi connectivity index (χ3n) is 5.37. The largest absolute Gasteiger partial charge is 0.349 e. The van der Waals surface area contributed by atoms with Crippen LogP contribution in [0.1, 0.15) is 77.0 Å². The molecule has 1 aliphatic rings. The standard InChI is InChI=1S/C21H32N2O2/c1-5-23(6-2)20(25)13-9-12-19(24)22-18-14-15-21(3,4)17-11-8-7-10-16(17)18/h7-8,10-11,18H,5-6,9,12-15H2,1-4H3,(H,22,24). The molecule has 4 nitrogen and oxygen atoms in total. The highest BCUT2D eigenvalue weighted by Crippen LogP contribution is 2.41. The first-order valence-corrected chi connectivity index (χ1v) is 9.55. The van der Waals surface area contributed by atoms with E-state index in [1.54, 1.807) is 0 Å². The van der Waals surface area contributed by atoms with E-state index < -0.39 is 0 Å². The van der Waals surface area contributed by atoms with Crippen molar-refractivity contribution in [3.8, 4) is 0 Å². The molecule has 1 N–H and O–H groups in total. The molecule has 0 saturated heterocycles. The van der Waals surface area contributed by atoms with Crippen molar-refractivity contribution >= 4 is 11.8 Å². The molecule has 0 bridgehead atoms. The Balaban J connectivity index is 1.88. The summed E-state index contributed by atoms with van der Waals surface area (Å²) < 4.78 is 0. The van der Waals surface area contributed by atoms with Crippen molar-refractivity contribution in [3.05, 3.63) is 35.4 Å². The van der Waals surface area contributed by atoms with Gasteiger partial charge >= 0.3 is 0 Å². The lowest BCUT2D eigenvalue weighted by molar-refractivity contribution is -0.131. The van der Waals surface area contributed by atoms with Crippen LogP contribution in [0.2, 0.25) is 0 Å². The summed E-state index contributed by atoms with van der Waals surface area (Å²) in [6.45, 7) is 9.96. The highest BCUT2D eigenvalue weighted by Gasteiger charge is 2.32. The van der Waals surface area contributed by atoms with E-state index in [0.29, 0.717) is 19.3 Å². The summed E-state index contributed by atoms with van der Waals surface area (Å²) in [7, 11) is 0. The molecule has 25 heavy (non-hydrogen) atoms. The zero-order chi connectivity index (χ0) is 18.4. The van der Waals surface area contributed by atoms with Gasteiger partial charge in [0, 0.05) is 25.9 Å². The van der Waals surface area contributed by atoms with Crippen molar-refractivity contribution in [3.63, 3.8) is 0 Å². The van der Waals surface area contributed by atoms with Crippen LogP contribution in [0.25, 0.3) is 0 Å². The van der Waals surface area contributed by atoms with E-state index in [4.69, 9.17) is 0 Å². The third kappa shape index (κ3) is 4.83. The van der Waals surface area contributed by atoms with E-state index in [9.17, 15) is 9.59 Å². The molecule has 2 amide bonds. The van der Waals surface area contributed by atoms with Crippen molar-refractivity contribution in [1.82, 2.24) is 10.2 Å². The fourth-order valence-corrected chi connectivity index (χ4v) is 3.76. The maximum absolute atomic E-state index is 12.3. The molecule has 0 heterocycles. The number of hydrogen-bond donors (Lipinski definition) is 1. The summed E-state index contributed by atoms with van der Waals surface area (Å²) in [6.07, 6.45) is 3.50. The van der Waals surface area contributed by atoms with Gasteiger partial charge in [0.05, 0.1) is 6.04 Å². The molecular weight excluding hydrogens is 312 g/mol. The van der Waals surface area contributed by atoms with Crippen molar-refractivity contribution < 1.29 is 9.59 Å². The smallest absolute Gasteiger partial charge is 0.222 e. The van der Waals surface area contributed by atoms with Gasteiger partial charge in [0.2, 0.25) is 11.8 Å². The fourth-order valence-electron chi connectivity index (χ4n) is 3.76. The summed E-state index contributed by atoms with van der Waals surface area (Å²) in [5.74, 6) is 0.189. The second-order valence-corrected chi connectivity index (χ2v) is 7.55. The molecule has 138 valence electrons. The average Bonchev–Trinajstić information content (AvgIpc) is 2.59. The lowest BCUT2D eigenvalue weighted by Gasteiger charge is -2.37. The van der Waals surface area contributed by atoms with Crippen molar-refractivity contribution in [2.75, 3.05) is 13.1 Å².